The van der Waals surface area contributed by atoms with E-state index in [9.17, 15) is 9.90 Å². The highest BCUT2D eigenvalue weighted by molar-refractivity contribution is 6.00. The Morgan fingerprint density at radius 1 is 1.44 bits per heavy atom. The Morgan fingerprint density at radius 2 is 2.28 bits per heavy atom. The molecular formula is C19H24N4O2. The van der Waals surface area contributed by atoms with Crippen LogP contribution in [0.4, 0.5) is 5.69 Å². The number of carbonyl (C=O) groups excluding carboxylic acids is 1. The lowest BCUT2D eigenvalue weighted by molar-refractivity contribution is 0.0235. The largest absolute Gasteiger partial charge is 0.393 e. The van der Waals surface area contributed by atoms with E-state index in [4.69, 9.17) is 0 Å². The molecule has 6 heteroatoms. The molecule has 132 valence electrons. The number of para-hydroxylation sites is 1. The third-order valence-corrected chi connectivity index (χ3v) is 5.31. The predicted molar refractivity (Wildman–Crippen MR) is 95.4 cm³/mol. The fraction of sp³-hybridized carbons (Fsp3) is 0.474. The molecule has 1 saturated carbocycles. The molecule has 1 aliphatic carbocycles. The normalized spacial score (nSPS) is 23.1. The van der Waals surface area contributed by atoms with Gasteiger partial charge in [-0.3, -0.25) is 9.48 Å². The molecule has 0 bridgehead atoms. The smallest absolute Gasteiger partial charge is 0.253 e. The van der Waals surface area contributed by atoms with Crippen LogP contribution in [0.2, 0.25) is 0 Å². The first-order chi connectivity index (χ1) is 12.1. The Bertz CT molecular complexity index is 779. The lowest BCUT2D eigenvalue weighted by Crippen LogP contribution is -2.41. The summed E-state index contributed by atoms with van der Waals surface area (Å²) >= 11 is 0. The second-order valence-corrected chi connectivity index (χ2v) is 7.15. The van der Waals surface area contributed by atoms with Gasteiger partial charge in [0.1, 0.15) is 0 Å². The van der Waals surface area contributed by atoms with E-state index in [1.165, 1.54) is 5.56 Å². The number of amides is 1. The number of hydrogen-bond acceptors (Lipinski definition) is 4. The number of aryl methyl sites for hydroxylation is 2. The Morgan fingerprint density at radius 3 is 3.00 bits per heavy atom. The molecule has 2 aromatic rings. The second-order valence-electron chi connectivity index (χ2n) is 7.15. The summed E-state index contributed by atoms with van der Waals surface area (Å²) in [7, 11) is 1.87. The quantitative estimate of drug-likeness (QED) is 0.796. The number of aliphatic hydroxyl groups excluding tert-OH is 1. The Kier molecular flexibility index (Phi) is 4.21. The van der Waals surface area contributed by atoms with E-state index in [-0.39, 0.29) is 24.0 Å². The number of benzene rings is 1. The van der Waals surface area contributed by atoms with Gasteiger partial charge < -0.3 is 15.7 Å². The van der Waals surface area contributed by atoms with Crippen molar-refractivity contribution in [2.45, 2.75) is 37.8 Å². The lowest BCUT2D eigenvalue weighted by atomic mass is 9.75. The van der Waals surface area contributed by atoms with Crippen molar-refractivity contribution in [1.29, 1.82) is 0 Å². The van der Waals surface area contributed by atoms with Crippen LogP contribution in [0.3, 0.4) is 0 Å². The number of rotatable bonds is 4. The summed E-state index contributed by atoms with van der Waals surface area (Å²) in [6.07, 6.45) is 7.01. The van der Waals surface area contributed by atoms with Crippen molar-refractivity contribution in [3.8, 4) is 0 Å². The summed E-state index contributed by atoms with van der Waals surface area (Å²) in [5.74, 6) is 0.178. The maximum absolute atomic E-state index is 13.0. The van der Waals surface area contributed by atoms with Crippen LogP contribution in [0.1, 0.15) is 46.8 Å². The molecule has 2 heterocycles. The van der Waals surface area contributed by atoms with Crippen LogP contribution in [-0.2, 0) is 13.5 Å². The van der Waals surface area contributed by atoms with E-state index in [1.54, 1.807) is 10.9 Å². The van der Waals surface area contributed by atoms with Gasteiger partial charge in [-0.25, -0.2) is 0 Å². The van der Waals surface area contributed by atoms with Crippen LogP contribution in [0.15, 0.2) is 30.6 Å². The number of aliphatic hydroxyl groups is 1. The predicted octanol–water partition coefficient (Wildman–Crippen LogP) is 2.02. The van der Waals surface area contributed by atoms with Gasteiger partial charge in [0.25, 0.3) is 5.91 Å². The highest BCUT2D eigenvalue weighted by Crippen LogP contribution is 2.38. The van der Waals surface area contributed by atoms with Crippen LogP contribution >= 0.6 is 0 Å². The Hall–Kier alpha value is -2.34. The molecule has 0 spiro atoms. The molecule has 1 atom stereocenters. The summed E-state index contributed by atoms with van der Waals surface area (Å²) in [5, 5.41) is 20.5. The summed E-state index contributed by atoms with van der Waals surface area (Å²) in [5.41, 5.74) is 3.86. The molecule has 25 heavy (non-hydrogen) atoms. The molecule has 0 saturated heterocycles. The minimum atomic E-state index is -0.257. The van der Waals surface area contributed by atoms with E-state index < -0.39 is 0 Å². The van der Waals surface area contributed by atoms with Crippen molar-refractivity contribution < 1.29 is 9.90 Å². The minimum absolute atomic E-state index is 0.0681. The molecule has 3 N–H and O–H groups in total. The average Bonchev–Trinajstić information content (AvgIpc) is 3.02. The third kappa shape index (κ3) is 3.14. The highest BCUT2D eigenvalue weighted by atomic mass is 16.3. The van der Waals surface area contributed by atoms with Crippen molar-refractivity contribution >= 4 is 11.6 Å². The average molecular weight is 340 g/mol. The van der Waals surface area contributed by atoms with Gasteiger partial charge in [-0.15, -0.1) is 0 Å². The maximum atomic E-state index is 13.0. The molecule has 1 amide bonds. The highest BCUT2D eigenvalue weighted by Gasteiger charge is 2.36. The molecule has 1 fully saturated rings. The Balaban J connectivity index is 1.59. The van der Waals surface area contributed by atoms with Crippen molar-refractivity contribution in [3.63, 3.8) is 0 Å². The zero-order valence-corrected chi connectivity index (χ0v) is 14.4. The zero-order valence-electron chi connectivity index (χ0n) is 14.4. The van der Waals surface area contributed by atoms with Gasteiger partial charge in [0.2, 0.25) is 0 Å². The number of nitrogens with zero attached hydrogens (tertiary/aromatic N) is 2. The van der Waals surface area contributed by atoms with Crippen molar-refractivity contribution in [2.75, 3.05) is 11.9 Å². The van der Waals surface area contributed by atoms with E-state index >= 15 is 0 Å². The lowest BCUT2D eigenvalue weighted by Gasteiger charge is -2.37. The van der Waals surface area contributed by atoms with Crippen molar-refractivity contribution in [2.24, 2.45) is 13.0 Å². The molecule has 4 rings (SSSR count). The van der Waals surface area contributed by atoms with Crippen molar-refractivity contribution in [3.05, 3.63) is 47.3 Å². The molecule has 1 unspecified atom stereocenters. The zero-order chi connectivity index (χ0) is 17.4. The maximum Gasteiger partial charge on any atom is 0.253 e. The number of aromatic nitrogens is 2. The van der Waals surface area contributed by atoms with Gasteiger partial charge in [0.05, 0.1) is 29.6 Å². The van der Waals surface area contributed by atoms with Crippen LogP contribution < -0.4 is 10.6 Å². The van der Waals surface area contributed by atoms with Crippen LogP contribution in [0.25, 0.3) is 0 Å². The minimum Gasteiger partial charge on any atom is -0.393 e. The number of fused-ring (bicyclic) bond motifs is 1. The standard InChI is InChI=1S/C19H24N4O2/c1-23-11-14(10-21-23)17(13-8-15(24)9-13)22-19(25)16-6-2-4-12-5-3-7-20-18(12)16/h2,4,6,10-11,13,15,17,20,24H,3,5,7-9H2,1H3,(H,22,25). The molecular weight excluding hydrogens is 316 g/mol. The number of carbonyl (C=O) groups is 1. The fourth-order valence-electron chi connectivity index (χ4n) is 3.89. The Labute approximate surface area is 147 Å². The molecule has 1 aromatic heterocycles. The van der Waals surface area contributed by atoms with E-state index in [1.807, 2.05) is 25.4 Å². The van der Waals surface area contributed by atoms with Gasteiger partial charge in [0, 0.05) is 25.4 Å². The van der Waals surface area contributed by atoms with Crippen LogP contribution in [-0.4, -0.2) is 33.4 Å². The fourth-order valence-corrected chi connectivity index (χ4v) is 3.89. The SMILES string of the molecule is Cn1cc(C(NC(=O)c2cccc3c2NCCC3)C2CC(O)C2)cn1. The topological polar surface area (TPSA) is 79.2 Å². The van der Waals surface area contributed by atoms with E-state index in [0.717, 1.165) is 30.6 Å². The number of hydrogen-bond donors (Lipinski definition) is 3. The molecule has 0 radical (unpaired) electrons. The summed E-state index contributed by atoms with van der Waals surface area (Å²) in [6.45, 7) is 0.901. The van der Waals surface area contributed by atoms with Gasteiger partial charge >= 0.3 is 0 Å². The number of anilines is 1. The van der Waals surface area contributed by atoms with E-state index in [2.05, 4.69) is 21.8 Å². The van der Waals surface area contributed by atoms with E-state index in [0.29, 0.717) is 18.4 Å². The second kappa shape index (κ2) is 6.52. The van der Waals surface area contributed by atoms with Crippen molar-refractivity contribution in [1.82, 2.24) is 15.1 Å². The monoisotopic (exact) mass is 340 g/mol. The first-order valence-corrected chi connectivity index (χ1v) is 8.95. The van der Waals surface area contributed by atoms with Crippen LogP contribution in [0.5, 0.6) is 0 Å². The molecule has 6 nitrogen and oxygen atoms in total. The molecule has 2 aliphatic rings. The first kappa shape index (κ1) is 16.1. The van der Waals surface area contributed by atoms with Gasteiger partial charge in [-0.1, -0.05) is 12.1 Å². The summed E-state index contributed by atoms with van der Waals surface area (Å²) in [4.78, 5) is 13.0. The summed E-state index contributed by atoms with van der Waals surface area (Å²) in [6, 6.07) is 5.79. The third-order valence-electron chi connectivity index (χ3n) is 5.31. The van der Waals surface area contributed by atoms with Gasteiger partial charge in [0.15, 0.2) is 0 Å². The summed E-state index contributed by atoms with van der Waals surface area (Å²) < 4.78 is 1.75. The first-order valence-electron chi connectivity index (χ1n) is 8.95. The number of nitrogens with one attached hydrogen (secondary N) is 2. The van der Waals surface area contributed by atoms with Gasteiger partial charge in [-0.05, 0) is 43.2 Å². The molecule has 1 aromatic carbocycles. The van der Waals surface area contributed by atoms with Crippen LogP contribution in [0, 0.1) is 5.92 Å². The van der Waals surface area contributed by atoms with Gasteiger partial charge in [-0.2, -0.15) is 5.10 Å². The molecule has 1 aliphatic heterocycles.